The number of hydrogen-bond acceptors (Lipinski definition) is 2. The van der Waals surface area contributed by atoms with Gasteiger partial charge < -0.3 is 5.11 Å². The minimum atomic E-state index is -2.41. The third-order valence-corrected chi connectivity index (χ3v) is 3.35. The molecule has 2 nitrogen and oxygen atoms in total. The molecule has 2 fully saturated rings. The van der Waals surface area contributed by atoms with Crippen LogP contribution < -0.4 is 0 Å². The van der Waals surface area contributed by atoms with Crippen molar-refractivity contribution in [3.8, 4) is 0 Å². The summed E-state index contributed by atoms with van der Waals surface area (Å²) >= 11 is 0. The van der Waals surface area contributed by atoms with Gasteiger partial charge in [0.05, 0.1) is 6.10 Å². The van der Waals surface area contributed by atoms with Crippen LogP contribution in [0.25, 0.3) is 0 Å². The van der Waals surface area contributed by atoms with Crippen LogP contribution in [0, 0.1) is 5.92 Å². The first-order chi connectivity index (χ1) is 6.46. The van der Waals surface area contributed by atoms with Crippen molar-refractivity contribution in [1.82, 2.24) is 4.90 Å². The molecule has 2 atom stereocenters. The van der Waals surface area contributed by atoms with E-state index in [4.69, 9.17) is 0 Å². The number of β-amino-alcohol motifs (C(OH)–C–C–N with tert-alkyl or cyclic N) is 1. The van der Waals surface area contributed by atoms with Gasteiger partial charge in [-0.15, -0.1) is 0 Å². The third-order valence-electron chi connectivity index (χ3n) is 3.35. The smallest absolute Gasteiger partial charge is 0.248 e. The van der Waals surface area contributed by atoms with E-state index in [9.17, 15) is 13.9 Å². The van der Waals surface area contributed by atoms with Crippen LogP contribution in [-0.4, -0.2) is 41.2 Å². The molecular formula is C10H17F2NO. The largest absolute Gasteiger partial charge is 0.392 e. The zero-order valence-electron chi connectivity index (χ0n) is 8.42. The normalized spacial score (nSPS) is 38.6. The molecule has 1 aliphatic carbocycles. The van der Waals surface area contributed by atoms with Crippen molar-refractivity contribution in [1.29, 1.82) is 0 Å². The van der Waals surface area contributed by atoms with E-state index in [1.54, 1.807) is 0 Å². The Morgan fingerprint density at radius 2 is 2.07 bits per heavy atom. The van der Waals surface area contributed by atoms with Gasteiger partial charge in [-0.3, -0.25) is 4.90 Å². The average Bonchev–Trinajstić information content (AvgIpc) is 2.26. The molecule has 2 unspecified atom stereocenters. The summed E-state index contributed by atoms with van der Waals surface area (Å²) in [5.41, 5.74) is 0. The van der Waals surface area contributed by atoms with Crippen LogP contribution >= 0.6 is 0 Å². The SMILES string of the molecule is CC1CC(O)CN1CC1CC(F)(F)C1. The molecule has 0 amide bonds. The van der Waals surface area contributed by atoms with Crippen molar-refractivity contribution in [3.63, 3.8) is 0 Å². The molecule has 1 N–H and O–H groups in total. The molecule has 1 aliphatic heterocycles. The fourth-order valence-corrected chi connectivity index (χ4v) is 2.57. The van der Waals surface area contributed by atoms with Gasteiger partial charge in [0.15, 0.2) is 0 Å². The van der Waals surface area contributed by atoms with Crippen molar-refractivity contribution >= 4 is 0 Å². The number of aliphatic hydroxyl groups excluding tert-OH is 1. The van der Waals surface area contributed by atoms with Crippen LogP contribution in [0.1, 0.15) is 26.2 Å². The first-order valence-corrected chi connectivity index (χ1v) is 5.26. The lowest BCUT2D eigenvalue weighted by Crippen LogP contribution is -2.43. The fourth-order valence-electron chi connectivity index (χ4n) is 2.57. The lowest BCUT2D eigenvalue weighted by atomic mass is 9.81. The van der Waals surface area contributed by atoms with Crippen LogP contribution in [-0.2, 0) is 0 Å². The standard InChI is InChI=1S/C10H17F2NO/c1-7-2-9(14)6-13(7)5-8-3-10(11,12)4-8/h7-9,14H,2-6H2,1H3. The van der Waals surface area contributed by atoms with Crippen molar-refractivity contribution in [2.24, 2.45) is 5.92 Å². The zero-order chi connectivity index (χ0) is 10.3. The molecule has 0 radical (unpaired) electrons. The van der Waals surface area contributed by atoms with Crippen molar-refractivity contribution in [2.45, 2.75) is 44.3 Å². The van der Waals surface area contributed by atoms with E-state index in [0.717, 1.165) is 13.0 Å². The Bertz CT molecular complexity index is 214. The summed E-state index contributed by atoms with van der Waals surface area (Å²) in [5, 5.41) is 9.39. The molecule has 0 spiro atoms. The van der Waals surface area contributed by atoms with Crippen LogP contribution in [0.15, 0.2) is 0 Å². The van der Waals surface area contributed by atoms with Crippen LogP contribution in [0.2, 0.25) is 0 Å². The van der Waals surface area contributed by atoms with Crippen LogP contribution in [0.5, 0.6) is 0 Å². The number of likely N-dealkylation sites (tertiary alicyclic amines) is 1. The Morgan fingerprint density at radius 3 is 2.50 bits per heavy atom. The highest BCUT2D eigenvalue weighted by atomic mass is 19.3. The molecule has 0 bridgehead atoms. The van der Waals surface area contributed by atoms with E-state index in [1.165, 1.54) is 0 Å². The van der Waals surface area contributed by atoms with Gasteiger partial charge in [0.1, 0.15) is 0 Å². The molecule has 1 saturated heterocycles. The topological polar surface area (TPSA) is 23.5 Å². The van der Waals surface area contributed by atoms with Gasteiger partial charge in [-0.1, -0.05) is 0 Å². The molecule has 1 saturated carbocycles. The van der Waals surface area contributed by atoms with Gasteiger partial charge in [0.25, 0.3) is 0 Å². The number of halogens is 2. The summed E-state index contributed by atoms with van der Waals surface area (Å²) in [6.07, 6.45) is 0.590. The number of nitrogens with zero attached hydrogens (tertiary/aromatic N) is 1. The van der Waals surface area contributed by atoms with Gasteiger partial charge in [-0.25, -0.2) is 8.78 Å². The first kappa shape index (κ1) is 10.3. The maximum Gasteiger partial charge on any atom is 0.248 e. The molecule has 0 aromatic carbocycles. The highest BCUT2D eigenvalue weighted by molar-refractivity contribution is 4.91. The van der Waals surface area contributed by atoms with E-state index >= 15 is 0 Å². The van der Waals surface area contributed by atoms with Gasteiger partial charge in [0.2, 0.25) is 5.92 Å². The third kappa shape index (κ3) is 2.06. The van der Waals surface area contributed by atoms with Gasteiger partial charge >= 0.3 is 0 Å². The monoisotopic (exact) mass is 205 g/mol. The molecule has 0 aromatic rings. The molecule has 4 heteroatoms. The highest BCUT2D eigenvalue weighted by Gasteiger charge is 2.46. The van der Waals surface area contributed by atoms with Crippen molar-refractivity contribution < 1.29 is 13.9 Å². The summed E-state index contributed by atoms with van der Waals surface area (Å²) < 4.78 is 25.1. The predicted molar refractivity (Wildman–Crippen MR) is 49.3 cm³/mol. The second-order valence-corrected chi connectivity index (χ2v) is 4.82. The molecule has 82 valence electrons. The molecular weight excluding hydrogens is 188 g/mol. The van der Waals surface area contributed by atoms with E-state index < -0.39 is 5.92 Å². The second-order valence-electron chi connectivity index (χ2n) is 4.82. The molecule has 2 aliphatic rings. The van der Waals surface area contributed by atoms with Crippen LogP contribution in [0.4, 0.5) is 8.78 Å². The van der Waals surface area contributed by atoms with Gasteiger partial charge in [0, 0.05) is 32.0 Å². The summed E-state index contributed by atoms with van der Waals surface area (Å²) in [6, 6.07) is 0.347. The Balaban J connectivity index is 1.77. The molecule has 0 aromatic heterocycles. The van der Waals surface area contributed by atoms with Gasteiger partial charge in [-0.2, -0.15) is 0 Å². The molecule has 14 heavy (non-hydrogen) atoms. The summed E-state index contributed by atoms with van der Waals surface area (Å²) in [7, 11) is 0. The van der Waals surface area contributed by atoms with E-state index in [2.05, 4.69) is 4.90 Å². The van der Waals surface area contributed by atoms with E-state index in [0.29, 0.717) is 12.6 Å². The Labute approximate surface area is 82.9 Å². The average molecular weight is 205 g/mol. The Hall–Kier alpha value is -0.220. The number of alkyl halides is 2. The number of rotatable bonds is 2. The summed E-state index contributed by atoms with van der Waals surface area (Å²) in [4.78, 5) is 2.13. The lowest BCUT2D eigenvalue weighted by Gasteiger charge is -2.38. The minimum Gasteiger partial charge on any atom is -0.392 e. The quantitative estimate of drug-likeness (QED) is 0.738. The van der Waals surface area contributed by atoms with Gasteiger partial charge in [-0.05, 0) is 19.3 Å². The number of hydrogen-bond donors (Lipinski definition) is 1. The molecule has 1 heterocycles. The minimum absolute atomic E-state index is 0.0340. The Kier molecular flexibility index (Phi) is 2.52. The lowest BCUT2D eigenvalue weighted by molar-refractivity contribution is -0.116. The Morgan fingerprint density at radius 1 is 1.43 bits per heavy atom. The fraction of sp³-hybridized carbons (Fsp3) is 1.00. The second kappa shape index (κ2) is 3.42. The first-order valence-electron chi connectivity index (χ1n) is 5.26. The van der Waals surface area contributed by atoms with Crippen molar-refractivity contribution in [2.75, 3.05) is 13.1 Å². The van der Waals surface area contributed by atoms with E-state index in [-0.39, 0.29) is 24.9 Å². The number of aliphatic hydroxyl groups is 1. The highest BCUT2D eigenvalue weighted by Crippen LogP contribution is 2.43. The maximum absolute atomic E-state index is 12.6. The predicted octanol–water partition coefficient (Wildman–Crippen LogP) is 1.49. The molecule has 2 rings (SSSR count). The zero-order valence-corrected chi connectivity index (χ0v) is 8.42. The maximum atomic E-state index is 12.6. The van der Waals surface area contributed by atoms with Crippen molar-refractivity contribution in [3.05, 3.63) is 0 Å². The van der Waals surface area contributed by atoms with Crippen LogP contribution in [0.3, 0.4) is 0 Å². The summed E-state index contributed by atoms with van der Waals surface area (Å²) in [6.45, 7) is 3.43. The summed E-state index contributed by atoms with van der Waals surface area (Å²) in [5.74, 6) is -2.27. The van der Waals surface area contributed by atoms with E-state index in [1.807, 2.05) is 6.92 Å².